The second kappa shape index (κ2) is 9.32. The maximum Gasteiger partial charge on any atom is 0.233 e. The minimum atomic E-state index is -0.302. The number of amides is 1. The van der Waals surface area contributed by atoms with E-state index in [-0.39, 0.29) is 11.2 Å². The summed E-state index contributed by atoms with van der Waals surface area (Å²) >= 11 is 1.39. The van der Waals surface area contributed by atoms with E-state index in [1.807, 2.05) is 54.8 Å². The molecule has 0 aliphatic heterocycles. The maximum atomic E-state index is 12.5. The van der Waals surface area contributed by atoms with Gasteiger partial charge < -0.3 is 5.32 Å². The van der Waals surface area contributed by atoms with Crippen LogP contribution in [0.4, 0.5) is 0 Å². The molecule has 0 unspecified atom stereocenters. The van der Waals surface area contributed by atoms with Gasteiger partial charge in [0.2, 0.25) is 5.91 Å². The normalized spacial score (nSPS) is 11.8. The Morgan fingerprint density at radius 1 is 1.21 bits per heavy atom. The molecule has 0 bridgehead atoms. The van der Waals surface area contributed by atoms with Crippen LogP contribution in [-0.4, -0.2) is 30.9 Å². The number of carbonyl (C=O) groups excluding carboxylic acids is 1. The second-order valence-electron chi connectivity index (χ2n) is 6.40. The third-order valence-corrected chi connectivity index (χ3v) is 5.29. The van der Waals surface area contributed by atoms with Gasteiger partial charge in [-0.05, 0) is 31.5 Å². The summed E-state index contributed by atoms with van der Waals surface area (Å²) in [4.78, 5) is 16.6. The molecule has 6 nitrogen and oxygen atoms in total. The summed E-state index contributed by atoms with van der Waals surface area (Å²) in [6.07, 6.45) is 5.23. The van der Waals surface area contributed by atoms with Gasteiger partial charge in [0.05, 0.1) is 5.25 Å². The van der Waals surface area contributed by atoms with Crippen molar-refractivity contribution in [3.8, 4) is 11.4 Å². The Labute approximate surface area is 169 Å². The lowest BCUT2D eigenvalue weighted by Crippen LogP contribution is -2.30. The SMILES string of the molecule is C=CCn1c(S[C@H](C)C(=O)NCc2ccc(C)cc2)nnc1-c1ccncc1. The van der Waals surface area contributed by atoms with Gasteiger partial charge in [-0.1, -0.05) is 47.7 Å². The molecular formula is C21H23N5OS. The largest absolute Gasteiger partial charge is 0.351 e. The van der Waals surface area contributed by atoms with Gasteiger partial charge in [0, 0.05) is 31.0 Å². The highest BCUT2D eigenvalue weighted by molar-refractivity contribution is 8.00. The van der Waals surface area contributed by atoms with Crippen LogP contribution in [0.5, 0.6) is 0 Å². The second-order valence-corrected chi connectivity index (χ2v) is 7.71. The van der Waals surface area contributed by atoms with E-state index in [1.54, 1.807) is 18.5 Å². The van der Waals surface area contributed by atoms with Crippen LogP contribution in [0.2, 0.25) is 0 Å². The summed E-state index contributed by atoms with van der Waals surface area (Å²) in [5.41, 5.74) is 3.20. The van der Waals surface area contributed by atoms with Gasteiger partial charge in [0.15, 0.2) is 11.0 Å². The third kappa shape index (κ3) is 4.86. The smallest absolute Gasteiger partial charge is 0.233 e. The number of nitrogens with zero attached hydrogens (tertiary/aromatic N) is 4. The lowest BCUT2D eigenvalue weighted by atomic mass is 10.1. The van der Waals surface area contributed by atoms with Crippen LogP contribution < -0.4 is 5.32 Å². The predicted octanol–water partition coefficient (Wildman–Crippen LogP) is 3.63. The molecule has 0 spiro atoms. The first-order valence-electron chi connectivity index (χ1n) is 9.03. The number of aromatic nitrogens is 4. The highest BCUT2D eigenvalue weighted by Crippen LogP contribution is 2.26. The Balaban J connectivity index is 1.68. The van der Waals surface area contributed by atoms with Gasteiger partial charge in [-0.2, -0.15) is 0 Å². The first kappa shape index (κ1) is 19.8. The van der Waals surface area contributed by atoms with Crippen molar-refractivity contribution in [2.75, 3.05) is 0 Å². The molecule has 0 radical (unpaired) electrons. The number of hydrogen-bond acceptors (Lipinski definition) is 5. The molecule has 1 atom stereocenters. The zero-order valence-corrected chi connectivity index (χ0v) is 16.8. The average molecular weight is 394 g/mol. The van der Waals surface area contributed by atoms with Crippen LogP contribution in [0.3, 0.4) is 0 Å². The third-order valence-electron chi connectivity index (χ3n) is 4.21. The molecule has 144 valence electrons. The number of rotatable bonds is 8. The lowest BCUT2D eigenvalue weighted by molar-refractivity contribution is -0.120. The molecule has 1 amide bonds. The topological polar surface area (TPSA) is 72.7 Å². The van der Waals surface area contributed by atoms with E-state index in [0.717, 1.165) is 17.0 Å². The quantitative estimate of drug-likeness (QED) is 0.467. The molecular weight excluding hydrogens is 370 g/mol. The number of benzene rings is 1. The zero-order valence-electron chi connectivity index (χ0n) is 16.0. The fourth-order valence-electron chi connectivity index (χ4n) is 2.63. The van der Waals surface area contributed by atoms with E-state index < -0.39 is 0 Å². The van der Waals surface area contributed by atoms with Crippen LogP contribution in [0, 0.1) is 6.92 Å². The van der Waals surface area contributed by atoms with Gasteiger partial charge in [0.25, 0.3) is 0 Å². The van der Waals surface area contributed by atoms with Gasteiger partial charge in [0.1, 0.15) is 0 Å². The Morgan fingerprint density at radius 2 is 1.93 bits per heavy atom. The molecule has 1 aromatic carbocycles. The lowest BCUT2D eigenvalue weighted by Gasteiger charge is -2.13. The Bertz CT molecular complexity index is 937. The summed E-state index contributed by atoms with van der Waals surface area (Å²) in [5.74, 6) is 0.696. The summed E-state index contributed by atoms with van der Waals surface area (Å²) in [6, 6.07) is 11.9. The van der Waals surface area contributed by atoms with Gasteiger partial charge >= 0.3 is 0 Å². The van der Waals surface area contributed by atoms with Crippen molar-refractivity contribution in [3.05, 3.63) is 72.6 Å². The zero-order chi connectivity index (χ0) is 19.9. The molecule has 2 aromatic heterocycles. The Hall–Kier alpha value is -2.93. The van der Waals surface area contributed by atoms with E-state index in [0.29, 0.717) is 18.2 Å². The number of nitrogens with one attached hydrogen (secondary N) is 1. The number of thioether (sulfide) groups is 1. The maximum absolute atomic E-state index is 12.5. The van der Waals surface area contributed by atoms with Crippen molar-refractivity contribution in [1.82, 2.24) is 25.1 Å². The van der Waals surface area contributed by atoms with Crippen molar-refractivity contribution in [3.63, 3.8) is 0 Å². The minimum Gasteiger partial charge on any atom is -0.351 e. The van der Waals surface area contributed by atoms with Crippen LogP contribution in [0.25, 0.3) is 11.4 Å². The van der Waals surface area contributed by atoms with Gasteiger partial charge in [-0.3, -0.25) is 14.3 Å². The molecule has 3 rings (SSSR count). The van der Waals surface area contributed by atoms with Crippen LogP contribution >= 0.6 is 11.8 Å². The molecule has 1 N–H and O–H groups in total. The monoisotopic (exact) mass is 393 g/mol. The highest BCUT2D eigenvalue weighted by atomic mass is 32.2. The minimum absolute atomic E-state index is 0.0378. The first-order valence-corrected chi connectivity index (χ1v) is 9.91. The highest BCUT2D eigenvalue weighted by Gasteiger charge is 2.20. The van der Waals surface area contributed by atoms with Crippen molar-refractivity contribution in [1.29, 1.82) is 0 Å². The molecule has 0 fully saturated rings. The van der Waals surface area contributed by atoms with E-state index in [4.69, 9.17) is 0 Å². The van der Waals surface area contributed by atoms with Gasteiger partial charge in [-0.25, -0.2) is 0 Å². The fraction of sp³-hybridized carbons (Fsp3) is 0.238. The molecule has 2 heterocycles. The molecule has 0 aliphatic rings. The van der Waals surface area contributed by atoms with Crippen LogP contribution in [-0.2, 0) is 17.9 Å². The summed E-state index contributed by atoms with van der Waals surface area (Å²) in [7, 11) is 0. The number of aryl methyl sites for hydroxylation is 1. The Morgan fingerprint density at radius 3 is 2.61 bits per heavy atom. The molecule has 28 heavy (non-hydrogen) atoms. The van der Waals surface area contributed by atoms with Crippen LogP contribution in [0.15, 0.2) is 66.6 Å². The number of allylic oxidation sites excluding steroid dienone is 1. The number of hydrogen-bond donors (Lipinski definition) is 1. The number of pyridine rings is 1. The molecule has 0 saturated heterocycles. The van der Waals surface area contributed by atoms with E-state index >= 15 is 0 Å². The van der Waals surface area contributed by atoms with Crippen LogP contribution in [0.1, 0.15) is 18.1 Å². The molecule has 0 aliphatic carbocycles. The van der Waals surface area contributed by atoms with Crippen molar-refractivity contribution in [2.45, 2.75) is 37.3 Å². The molecule has 7 heteroatoms. The van der Waals surface area contributed by atoms with Gasteiger partial charge in [-0.15, -0.1) is 16.8 Å². The molecule has 3 aromatic rings. The van der Waals surface area contributed by atoms with Crippen molar-refractivity contribution in [2.24, 2.45) is 0 Å². The molecule has 0 saturated carbocycles. The Kier molecular flexibility index (Phi) is 6.60. The van der Waals surface area contributed by atoms with E-state index in [1.165, 1.54) is 17.3 Å². The summed E-state index contributed by atoms with van der Waals surface area (Å²) in [5, 5.41) is 12.0. The van der Waals surface area contributed by atoms with Crippen molar-refractivity contribution >= 4 is 17.7 Å². The summed E-state index contributed by atoms with van der Waals surface area (Å²) in [6.45, 7) is 8.79. The van der Waals surface area contributed by atoms with E-state index in [9.17, 15) is 4.79 Å². The number of carbonyl (C=O) groups is 1. The van der Waals surface area contributed by atoms with E-state index in [2.05, 4.69) is 27.1 Å². The standard InChI is InChI=1S/C21H23N5OS/c1-4-13-26-19(18-9-11-22-12-10-18)24-25-21(26)28-16(3)20(27)23-14-17-7-5-15(2)6-8-17/h4-12,16H,1,13-14H2,2-3H3,(H,23,27)/t16-/m1/s1. The average Bonchev–Trinajstić information content (AvgIpc) is 3.10. The first-order chi connectivity index (χ1) is 13.6. The van der Waals surface area contributed by atoms with Crippen molar-refractivity contribution < 1.29 is 4.79 Å². The fourth-order valence-corrected chi connectivity index (χ4v) is 3.52. The summed E-state index contributed by atoms with van der Waals surface area (Å²) < 4.78 is 1.96. The predicted molar refractivity (Wildman–Crippen MR) is 112 cm³/mol.